The molecule has 0 heterocycles. The number of rotatable bonds is 8. The maximum absolute atomic E-state index is 6.47. The third-order valence-electron chi connectivity index (χ3n) is 1.87. The minimum atomic E-state index is -3.51. The van der Waals surface area contributed by atoms with Gasteiger partial charge in [-0.3, -0.25) is 0 Å². The molecule has 11 heteroatoms. The van der Waals surface area contributed by atoms with E-state index in [4.69, 9.17) is 46.2 Å². The number of hydrogen-bond donors (Lipinski definition) is 0. The van der Waals surface area contributed by atoms with Crippen LogP contribution >= 0.6 is 31.3 Å². The monoisotopic (exact) mass is 426 g/mol. The Labute approximate surface area is 113 Å². The molecule has 0 amide bonds. The Morgan fingerprint density at radius 1 is 0.588 bits per heavy atom. The third-order valence-corrected chi connectivity index (χ3v) is 35.8. The van der Waals surface area contributed by atoms with Crippen LogP contribution in [0.1, 0.15) is 0 Å². The summed E-state index contributed by atoms with van der Waals surface area (Å²) in [6.07, 6.45) is -6.55. The van der Waals surface area contributed by atoms with Crippen molar-refractivity contribution in [2.24, 2.45) is 0 Å². The molecule has 0 bridgehead atoms. The molecule has 0 unspecified atom stereocenters. The van der Waals surface area contributed by atoms with Gasteiger partial charge < -0.3 is 0 Å². The van der Waals surface area contributed by atoms with Crippen LogP contribution in [0, 0.1) is 0 Å². The van der Waals surface area contributed by atoms with E-state index in [1.54, 1.807) is 0 Å². The van der Waals surface area contributed by atoms with Crippen molar-refractivity contribution in [3.05, 3.63) is 0 Å². The summed E-state index contributed by atoms with van der Waals surface area (Å²) in [6, 6.07) is 0. The van der Waals surface area contributed by atoms with Crippen LogP contribution in [0.3, 0.4) is 0 Å². The van der Waals surface area contributed by atoms with Crippen molar-refractivity contribution in [1.82, 2.24) is 0 Å². The minimum absolute atomic E-state index is 1.43. The van der Waals surface area contributed by atoms with E-state index in [0.29, 0.717) is 0 Å². The van der Waals surface area contributed by atoms with E-state index < -0.39 is 24.8 Å². The molecule has 0 saturated carbocycles. The van der Waals surface area contributed by atoms with Crippen molar-refractivity contribution in [3.63, 3.8) is 0 Å². The molecule has 0 aliphatic carbocycles. The van der Waals surface area contributed by atoms with Crippen molar-refractivity contribution < 1.29 is 39.6 Å². The summed E-state index contributed by atoms with van der Waals surface area (Å²) in [6.45, 7) is 0. The van der Waals surface area contributed by atoms with Gasteiger partial charge in [0.25, 0.3) is 0 Å². The Morgan fingerprint density at radius 2 is 0.765 bits per heavy atom. The Bertz CT molecular complexity index is 200. The van der Waals surface area contributed by atoms with Crippen LogP contribution in [-0.4, -0.2) is 42.7 Å². The summed E-state index contributed by atoms with van der Waals surface area (Å²) in [5, 5.41) is 0. The van der Waals surface area contributed by atoms with Crippen molar-refractivity contribution >= 4 is 31.3 Å². The Kier molecular flexibility index (Phi) is 8.43. The fourth-order valence-electron chi connectivity index (χ4n) is 1.11. The molecule has 0 aromatic carbocycles. The van der Waals surface area contributed by atoms with E-state index in [2.05, 4.69) is 0 Å². The first-order valence-corrected chi connectivity index (χ1v) is 16.0. The fourth-order valence-corrected chi connectivity index (χ4v) is 33.7. The van der Waals surface area contributed by atoms with Crippen LogP contribution in [0.2, 0.25) is 0 Å². The molecule has 0 aliphatic heterocycles. The molecular formula is C6H20Cl2O6P2Pd. The van der Waals surface area contributed by atoms with Crippen LogP contribution in [0.25, 0.3) is 0 Å². The third kappa shape index (κ3) is 3.14. The molecule has 114 valence electrons. The first-order valence-electron chi connectivity index (χ1n) is 4.23. The van der Waals surface area contributed by atoms with Gasteiger partial charge in [0.1, 0.15) is 0 Å². The van der Waals surface area contributed by atoms with Gasteiger partial charge in [-0.1, -0.05) is 0 Å². The van der Waals surface area contributed by atoms with Gasteiger partial charge in [-0.15, -0.1) is 0 Å². The predicted molar refractivity (Wildman–Crippen MR) is 70.4 cm³/mol. The molecule has 0 rings (SSSR count). The van der Waals surface area contributed by atoms with E-state index in [1.807, 2.05) is 0 Å². The molecule has 0 atom stereocenters. The van der Waals surface area contributed by atoms with Gasteiger partial charge in [0.05, 0.1) is 0 Å². The van der Waals surface area contributed by atoms with Gasteiger partial charge >= 0.3 is 114 Å². The molecule has 17 heavy (non-hydrogen) atoms. The SMILES string of the molecule is CO[PH](OC)(OC)[Pd]([Cl])([Cl])[PH](OC)(OC)OC. The average Bonchev–Trinajstić information content (AvgIpc) is 2.34. The Balaban J connectivity index is 5.60. The molecule has 0 aromatic rings. The molecule has 0 N–H and O–H groups in total. The second kappa shape index (κ2) is 7.59. The molecule has 0 spiro atoms. The van der Waals surface area contributed by atoms with Gasteiger partial charge in [0.2, 0.25) is 0 Å². The van der Waals surface area contributed by atoms with Crippen molar-refractivity contribution in [1.29, 1.82) is 0 Å². The molecule has 0 radical (unpaired) electrons. The standard InChI is InChI=1S/2C3H10O3P.2ClH.Pd/c2*1-4-7(5-2)6-3;;;/h2*7H,1-3H3;2*1H;/q2*+1;;;/p-2. The van der Waals surface area contributed by atoms with E-state index in [0.717, 1.165) is 0 Å². The van der Waals surface area contributed by atoms with Gasteiger partial charge in [0, 0.05) is 0 Å². The quantitative estimate of drug-likeness (QED) is 0.438. The first kappa shape index (κ1) is 18.9. The molecule has 0 saturated heterocycles. The van der Waals surface area contributed by atoms with Gasteiger partial charge in [-0.2, -0.15) is 0 Å². The second-order valence-corrected chi connectivity index (χ2v) is 31.4. The van der Waals surface area contributed by atoms with Gasteiger partial charge in [-0.25, -0.2) is 0 Å². The summed E-state index contributed by atoms with van der Waals surface area (Å²) < 4.78 is 31.8. The summed E-state index contributed by atoms with van der Waals surface area (Å²) in [4.78, 5) is 0. The van der Waals surface area contributed by atoms with Crippen LogP contribution in [-0.2, 0) is 39.6 Å². The van der Waals surface area contributed by atoms with Crippen LogP contribution in [0.15, 0.2) is 0 Å². The average molecular weight is 427 g/mol. The van der Waals surface area contributed by atoms with Gasteiger partial charge in [-0.05, 0) is 0 Å². The zero-order chi connectivity index (χ0) is 13.7. The summed E-state index contributed by atoms with van der Waals surface area (Å²) in [5.74, 6) is 0. The van der Waals surface area contributed by atoms with Gasteiger partial charge in [0.15, 0.2) is 0 Å². The zero-order valence-electron chi connectivity index (χ0n) is 10.5. The topological polar surface area (TPSA) is 55.4 Å². The van der Waals surface area contributed by atoms with E-state index in [1.165, 1.54) is 42.7 Å². The second-order valence-electron chi connectivity index (χ2n) is 2.48. The number of hydrogen-bond acceptors (Lipinski definition) is 6. The fraction of sp³-hybridized carbons (Fsp3) is 1.00. The maximum atomic E-state index is 6.47. The molecule has 6 nitrogen and oxygen atoms in total. The summed E-state index contributed by atoms with van der Waals surface area (Å²) in [5.41, 5.74) is 0. The predicted octanol–water partition coefficient (Wildman–Crippen LogP) is 3.15. The van der Waals surface area contributed by atoms with Crippen molar-refractivity contribution in [3.8, 4) is 0 Å². The first-order chi connectivity index (χ1) is 7.86. The van der Waals surface area contributed by atoms with Crippen molar-refractivity contribution in [2.75, 3.05) is 42.7 Å². The molecule has 0 aliphatic rings. The Hall–Kier alpha value is 1.86. The molecule has 0 fully saturated rings. The van der Waals surface area contributed by atoms with Crippen molar-refractivity contribution in [2.45, 2.75) is 0 Å². The summed E-state index contributed by atoms with van der Waals surface area (Å²) >= 11 is -3.51. The zero-order valence-corrected chi connectivity index (χ0v) is 15.6. The summed E-state index contributed by atoms with van der Waals surface area (Å²) in [7, 11) is 21.5. The number of halogens is 2. The van der Waals surface area contributed by atoms with Crippen LogP contribution < -0.4 is 0 Å². The molecular weight excluding hydrogens is 407 g/mol. The Morgan fingerprint density at radius 3 is 0.882 bits per heavy atom. The normalized spacial score (nSPS) is 16.9. The van der Waals surface area contributed by atoms with E-state index >= 15 is 0 Å². The molecule has 0 aromatic heterocycles. The van der Waals surface area contributed by atoms with E-state index in [-0.39, 0.29) is 0 Å². The van der Waals surface area contributed by atoms with Crippen LogP contribution in [0.4, 0.5) is 0 Å². The van der Waals surface area contributed by atoms with Crippen LogP contribution in [0.5, 0.6) is 0 Å². The van der Waals surface area contributed by atoms with E-state index in [9.17, 15) is 0 Å².